The van der Waals surface area contributed by atoms with Crippen LogP contribution >= 0.6 is 0 Å². The Labute approximate surface area is 75.3 Å². The second kappa shape index (κ2) is 6.04. The van der Waals surface area contributed by atoms with Crippen LogP contribution in [0.4, 0.5) is 0 Å². The molecule has 2 nitrogen and oxygen atoms in total. The van der Waals surface area contributed by atoms with Crippen molar-refractivity contribution in [2.45, 2.75) is 46.6 Å². The van der Waals surface area contributed by atoms with Gasteiger partial charge in [-0.1, -0.05) is 27.2 Å². The van der Waals surface area contributed by atoms with Crippen molar-refractivity contribution in [2.24, 2.45) is 11.8 Å². The van der Waals surface area contributed by atoms with Crippen LogP contribution in [0.1, 0.15) is 40.5 Å². The van der Waals surface area contributed by atoms with Crippen LogP contribution in [0.2, 0.25) is 0 Å². The number of hydrogen-bond donors (Lipinski definition) is 0. The molecule has 12 heavy (non-hydrogen) atoms. The zero-order valence-corrected chi connectivity index (χ0v) is 8.46. The summed E-state index contributed by atoms with van der Waals surface area (Å²) < 4.78 is 4.81. The Morgan fingerprint density at radius 2 is 1.83 bits per heavy atom. The van der Waals surface area contributed by atoms with Crippen LogP contribution in [-0.2, 0) is 9.53 Å². The first-order valence-corrected chi connectivity index (χ1v) is 4.70. The number of rotatable bonds is 6. The minimum absolute atomic E-state index is 0.00227. The van der Waals surface area contributed by atoms with E-state index in [0.717, 1.165) is 12.8 Å². The van der Waals surface area contributed by atoms with E-state index in [1.54, 1.807) is 0 Å². The van der Waals surface area contributed by atoms with E-state index in [1.807, 2.05) is 6.92 Å². The Morgan fingerprint density at radius 1 is 1.25 bits per heavy atom. The summed E-state index contributed by atoms with van der Waals surface area (Å²) in [5.41, 5.74) is 0. The number of carbonyl (C=O) groups excluding carboxylic acids is 1. The van der Waals surface area contributed by atoms with Crippen molar-refractivity contribution in [3.05, 3.63) is 0 Å². The lowest BCUT2D eigenvalue weighted by molar-refractivity contribution is 0.0949. The molecule has 0 aromatic heterocycles. The van der Waals surface area contributed by atoms with Gasteiger partial charge < -0.3 is 4.74 Å². The standard InChI is InChI=1S/C10H19O2/c1-5-8(3)10(6-2)9(4)12-7-11/h8-10H,5-6H2,1-4H3. The van der Waals surface area contributed by atoms with Crippen LogP contribution in [0.15, 0.2) is 0 Å². The quantitative estimate of drug-likeness (QED) is 0.614. The van der Waals surface area contributed by atoms with Crippen LogP contribution in [0, 0.1) is 11.8 Å². The van der Waals surface area contributed by atoms with Gasteiger partial charge in [0, 0.05) is 0 Å². The van der Waals surface area contributed by atoms with Crippen LogP contribution in [-0.4, -0.2) is 12.6 Å². The summed E-state index contributed by atoms with van der Waals surface area (Å²) in [6, 6.07) is 0. The van der Waals surface area contributed by atoms with E-state index in [9.17, 15) is 4.79 Å². The van der Waals surface area contributed by atoms with Gasteiger partial charge in [0.25, 0.3) is 0 Å². The lowest BCUT2D eigenvalue weighted by atomic mass is 9.86. The molecule has 0 aromatic carbocycles. The Kier molecular flexibility index (Phi) is 5.77. The van der Waals surface area contributed by atoms with E-state index < -0.39 is 0 Å². The smallest absolute Gasteiger partial charge is 0.417 e. The maximum Gasteiger partial charge on any atom is 0.417 e. The molecule has 1 radical (unpaired) electrons. The van der Waals surface area contributed by atoms with Gasteiger partial charge in [-0.2, -0.15) is 0 Å². The molecule has 0 aliphatic heterocycles. The van der Waals surface area contributed by atoms with Gasteiger partial charge in [-0.05, 0) is 25.2 Å². The Bertz CT molecular complexity index is 123. The van der Waals surface area contributed by atoms with Crippen molar-refractivity contribution in [1.82, 2.24) is 0 Å². The summed E-state index contributed by atoms with van der Waals surface area (Å²) in [4.78, 5) is 10.00. The largest absolute Gasteiger partial charge is 0.454 e. The highest BCUT2D eigenvalue weighted by molar-refractivity contribution is 5.38. The molecule has 0 fully saturated rings. The highest BCUT2D eigenvalue weighted by atomic mass is 16.5. The number of ether oxygens (including phenoxy) is 1. The van der Waals surface area contributed by atoms with E-state index >= 15 is 0 Å². The molecule has 0 aromatic rings. The maximum absolute atomic E-state index is 10.00. The zero-order chi connectivity index (χ0) is 9.56. The Hall–Kier alpha value is -0.530. The Morgan fingerprint density at radius 3 is 2.17 bits per heavy atom. The van der Waals surface area contributed by atoms with Gasteiger partial charge in [-0.25, -0.2) is 4.79 Å². The molecule has 0 amide bonds. The Balaban J connectivity index is 4.02. The van der Waals surface area contributed by atoms with Gasteiger partial charge in [-0.15, -0.1) is 0 Å². The van der Waals surface area contributed by atoms with Crippen LogP contribution in [0.5, 0.6) is 0 Å². The van der Waals surface area contributed by atoms with Crippen molar-refractivity contribution in [1.29, 1.82) is 0 Å². The monoisotopic (exact) mass is 171 g/mol. The highest BCUT2D eigenvalue weighted by Crippen LogP contribution is 2.23. The van der Waals surface area contributed by atoms with E-state index in [-0.39, 0.29) is 6.10 Å². The first-order valence-electron chi connectivity index (χ1n) is 4.70. The molecule has 0 rings (SSSR count). The van der Waals surface area contributed by atoms with E-state index in [1.165, 1.54) is 6.47 Å². The summed E-state index contributed by atoms with van der Waals surface area (Å²) in [5.74, 6) is 1.08. The minimum atomic E-state index is 0.00227. The molecule has 0 saturated heterocycles. The molecule has 0 bridgehead atoms. The molecule has 2 heteroatoms. The third-order valence-corrected chi connectivity index (χ3v) is 2.68. The zero-order valence-electron chi connectivity index (χ0n) is 8.46. The van der Waals surface area contributed by atoms with Crippen molar-refractivity contribution in [3.8, 4) is 0 Å². The fraction of sp³-hybridized carbons (Fsp3) is 0.900. The van der Waals surface area contributed by atoms with Crippen molar-refractivity contribution in [3.63, 3.8) is 0 Å². The molecule has 0 heterocycles. The normalized spacial score (nSPS) is 18.0. The third kappa shape index (κ3) is 3.24. The van der Waals surface area contributed by atoms with Crippen LogP contribution in [0.3, 0.4) is 0 Å². The predicted octanol–water partition coefficient (Wildman–Crippen LogP) is 2.53. The first-order chi connectivity index (χ1) is 5.67. The lowest BCUT2D eigenvalue weighted by Gasteiger charge is -2.25. The third-order valence-electron chi connectivity index (χ3n) is 2.68. The molecule has 0 spiro atoms. The van der Waals surface area contributed by atoms with Crippen LogP contribution in [0.25, 0.3) is 0 Å². The summed E-state index contributed by atoms with van der Waals surface area (Å²) in [6.07, 6.45) is 2.19. The topological polar surface area (TPSA) is 26.3 Å². The van der Waals surface area contributed by atoms with Gasteiger partial charge in [0.15, 0.2) is 0 Å². The predicted molar refractivity (Wildman–Crippen MR) is 49.5 cm³/mol. The second-order valence-electron chi connectivity index (χ2n) is 3.36. The van der Waals surface area contributed by atoms with Crippen molar-refractivity contribution in [2.75, 3.05) is 0 Å². The second-order valence-corrected chi connectivity index (χ2v) is 3.36. The summed E-state index contributed by atoms with van der Waals surface area (Å²) in [6.45, 7) is 9.92. The van der Waals surface area contributed by atoms with E-state index in [4.69, 9.17) is 4.74 Å². The molecule has 0 aliphatic carbocycles. The van der Waals surface area contributed by atoms with Gasteiger partial charge in [0.1, 0.15) is 6.10 Å². The maximum atomic E-state index is 10.00. The highest BCUT2D eigenvalue weighted by Gasteiger charge is 2.21. The molecule has 71 valence electrons. The minimum Gasteiger partial charge on any atom is -0.454 e. The molecular weight excluding hydrogens is 152 g/mol. The first kappa shape index (κ1) is 11.5. The lowest BCUT2D eigenvalue weighted by Crippen LogP contribution is -2.25. The molecule has 3 unspecified atom stereocenters. The molecule has 0 aliphatic rings. The van der Waals surface area contributed by atoms with E-state index in [0.29, 0.717) is 11.8 Å². The van der Waals surface area contributed by atoms with Gasteiger partial charge in [-0.3, -0.25) is 0 Å². The van der Waals surface area contributed by atoms with Crippen molar-refractivity contribution >= 4 is 6.47 Å². The fourth-order valence-electron chi connectivity index (χ4n) is 1.66. The van der Waals surface area contributed by atoms with Gasteiger partial charge >= 0.3 is 6.47 Å². The van der Waals surface area contributed by atoms with Crippen molar-refractivity contribution < 1.29 is 9.53 Å². The van der Waals surface area contributed by atoms with Crippen LogP contribution < -0.4 is 0 Å². The van der Waals surface area contributed by atoms with Gasteiger partial charge in [0.05, 0.1) is 0 Å². The average molecular weight is 171 g/mol. The van der Waals surface area contributed by atoms with E-state index in [2.05, 4.69) is 20.8 Å². The molecule has 0 N–H and O–H groups in total. The molecule has 0 saturated carbocycles. The summed E-state index contributed by atoms with van der Waals surface area (Å²) in [7, 11) is 0. The van der Waals surface area contributed by atoms with Gasteiger partial charge in [0.2, 0.25) is 0 Å². The molecular formula is C10H19O2. The fourth-order valence-corrected chi connectivity index (χ4v) is 1.66. The summed E-state index contributed by atoms with van der Waals surface area (Å²) in [5, 5.41) is 0. The number of hydrogen-bond acceptors (Lipinski definition) is 2. The molecule has 3 atom stereocenters. The summed E-state index contributed by atoms with van der Waals surface area (Å²) >= 11 is 0. The average Bonchev–Trinajstić information content (AvgIpc) is 2.06. The SMILES string of the molecule is CCC(C)C(CC)C(C)O[C]=O.